The summed E-state index contributed by atoms with van der Waals surface area (Å²) in [5.74, 6) is 0.207. The first-order valence-electron chi connectivity index (χ1n) is 11.6. The molecule has 2 atom stereocenters. The third-order valence-corrected chi connectivity index (χ3v) is 7.55. The van der Waals surface area contributed by atoms with Gasteiger partial charge in [0.1, 0.15) is 0 Å². The van der Waals surface area contributed by atoms with Crippen LogP contribution in [0.5, 0.6) is 0 Å². The number of halogens is 2. The van der Waals surface area contributed by atoms with Gasteiger partial charge >= 0.3 is 0 Å². The minimum Gasteiger partial charge on any atom is -0.347 e. The Kier molecular flexibility index (Phi) is 7.06. The highest BCUT2D eigenvalue weighted by atomic mass is 35.5. The van der Waals surface area contributed by atoms with Crippen LogP contribution in [0.15, 0.2) is 48.5 Å². The summed E-state index contributed by atoms with van der Waals surface area (Å²) in [6, 6.07) is 18.3. The Morgan fingerprint density at radius 2 is 1.85 bits per heavy atom. The molecule has 3 aliphatic rings. The maximum atomic E-state index is 13.0. The first kappa shape index (κ1) is 24.1. The highest BCUT2D eigenvalue weighted by Gasteiger charge is 2.36. The van der Waals surface area contributed by atoms with Gasteiger partial charge in [-0.1, -0.05) is 36.4 Å². The number of benzene rings is 2. The molecule has 2 saturated heterocycles. The quantitative estimate of drug-likeness (QED) is 0.598. The van der Waals surface area contributed by atoms with E-state index in [2.05, 4.69) is 64.3 Å². The highest BCUT2D eigenvalue weighted by molar-refractivity contribution is 5.98. The topological polar surface area (TPSA) is 40.5 Å². The van der Waals surface area contributed by atoms with E-state index < -0.39 is 0 Å². The van der Waals surface area contributed by atoms with Crippen LogP contribution in [0.4, 0.5) is 5.69 Å². The van der Waals surface area contributed by atoms with Gasteiger partial charge in [-0.05, 0) is 42.5 Å². The van der Waals surface area contributed by atoms with Gasteiger partial charge in [0, 0.05) is 62.0 Å². The van der Waals surface area contributed by atoms with Crippen LogP contribution in [0.3, 0.4) is 0 Å². The first-order valence-corrected chi connectivity index (χ1v) is 11.6. The summed E-state index contributed by atoms with van der Waals surface area (Å²) in [6.45, 7) is 3.12. The van der Waals surface area contributed by atoms with E-state index >= 15 is 0 Å². The molecule has 2 unspecified atom stereocenters. The number of nitrogens with zero attached hydrogens (tertiary/aromatic N) is 3. The second kappa shape index (κ2) is 9.67. The van der Waals surface area contributed by atoms with Crippen LogP contribution < -0.4 is 10.2 Å². The Hall–Kier alpha value is -2.05. The lowest BCUT2D eigenvalue weighted by atomic mass is 9.99. The standard InChI is InChI=1S/C26H30N4O.2ClH/c1-28-23-16-20(8-9-21(23)26-22-10-7-19(27-22)15-24(26)28)30-14-13-29(17-25(30)31)12-11-18-5-3-2-4-6-18;;/h2-6,8-9,16,19,22,27H,7,10-15,17H2,1H3;2*1H. The summed E-state index contributed by atoms with van der Waals surface area (Å²) < 4.78 is 2.38. The monoisotopic (exact) mass is 486 g/mol. The third-order valence-electron chi connectivity index (χ3n) is 7.55. The molecule has 1 amide bonds. The number of fused-ring (bicyclic) bond motifs is 6. The van der Waals surface area contributed by atoms with E-state index in [1.807, 2.05) is 11.0 Å². The van der Waals surface area contributed by atoms with Crippen molar-refractivity contribution in [1.82, 2.24) is 14.8 Å². The minimum absolute atomic E-state index is 0. The molecule has 3 aromatic rings. The molecule has 1 aromatic heterocycles. The SMILES string of the molecule is Cl.Cl.Cn1c2c(c3ccc(N4CCN(CCc5ccccc5)CC4=O)cc31)C1CCC(C2)N1. The Labute approximate surface area is 207 Å². The maximum absolute atomic E-state index is 13.0. The van der Waals surface area contributed by atoms with Gasteiger partial charge in [-0.25, -0.2) is 0 Å². The number of nitrogens with one attached hydrogen (secondary N) is 1. The molecule has 0 radical (unpaired) electrons. The van der Waals surface area contributed by atoms with Gasteiger partial charge in [-0.2, -0.15) is 0 Å². The molecule has 0 saturated carbocycles. The van der Waals surface area contributed by atoms with E-state index in [1.54, 1.807) is 0 Å². The van der Waals surface area contributed by atoms with Crippen molar-refractivity contribution in [1.29, 1.82) is 0 Å². The normalized spacial score (nSPS) is 22.1. The van der Waals surface area contributed by atoms with Gasteiger partial charge in [0.15, 0.2) is 0 Å². The number of aryl methyl sites for hydroxylation is 1. The van der Waals surface area contributed by atoms with Crippen molar-refractivity contribution in [3.05, 3.63) is 65.4 Å². The van der Waals surface area contributed by atoms with Crippen LogP contribution in [-0.2, 0) is 24.7 Å². The number of amides is 1. The molecule has 2 fully saturated rings. The molecule has 2 aromatic carbocycles. The average Bonchev–Trinajstić information content (AvgIpc) is 3.31. The second-order valence-electron chi connectivity index (χ2n) is 9.38. The molecular formula is C26H32Cl2N4O. The van der Waals surface area contributed by atoms with Crippen LogP contribution in [0.2, 0.25) is 0 Å². The van der Waals surface area contributed by atoms with Crippen LogP contribution in [0.1, 0.15) is 35.7 Å². The summed E-state index contributed by atoms with van der Waals surface area (Å²) in [7, 11) is 2.19. The van der Waals surface area contributed by atoms with Crippen molar-refractivity contribution in [3.8, 4) is 0 Å². The molecule has 0 spiro atoms. The van der Waals surface area contributed by atoms with Gasteiger partial charge < -0.3 is 14.8 Å². The number of anilines is 1. The Balaban J connectivity index is 0.00000130. The zero-order valence-corrected chi connectivity index (χ0v) is 20.6. The summed E-state index contributed by atoms with van der Waals surface area (Å²) in [6.07, 6.45) is 4.63. The van der Waals surface area contributed by atoms with Gasteiger partial charge in [-0.15, -0.1) is 24.8 Å². The molecule has 6 rings (SSSR count). The van der Waals surface area contributed by atoms with E-state index in [-0.39, 0.29) is 30.7 Å². The van der Waals surface area contributed by atoms with E-state index in [0.717, 1.165) is 38.2 Å². The Morgan fingerprint density at radius 3 is 2.64 bits per heavy atom. The number of rotatable bonds is 4. The molecule has 7 heteroatoms. The fraction of sp³-hybridized carbons (Fsp3) is 0.423. The van der Waals surface area contributed by atoms with E-state index in [9.17, 15) is 4.79 Å². The van der Waals surface area contributed by atoms with Gasteiger partial charge in [-0.3, -0.25) is 9.69 Å². The van der Waals surface area contributed by atoms with Crippen LogP contribution in [0.25, 0.3) is 10.9 Å². The zero-order valence-electron chi connectivity index (χ0n) is 19.0. The summed E-state index contributed by atoms with van der Waals surface area (Å²) in [5, 5.41) is 5.14. The van der Waals surface area contributed by atoms with Crippen LogP contribution in [-0.4, -0.2) is 47.6 Å². The molecule has 2 bridgehead atoms. The zero-order chi connectivity index (χ0) is 20.9. The lowest BCUT2D eigenvalue weighted by Gasteiger charge is -2.34. The average molecular weight is 487 g/mol. The van der Waals surface area contributed by atoms with Crippen molar-refractivity contribution >= 4 is 47.3 Å². The minimum atomic E-state index is 0. The molecule has 33 heavy (non-hydrogen) atoms. The van der Waals surface area contributed by atoms with Crippen molar-refractivity contribution in [2.45, 2.75) is 37.8 Å². The third kappa shape index (κ3) is 4.28. The number of hydrogen-bond donors (Lipinski definition) is 1. The fourth-order valence-corrected chi connectivity index (χ4v) is 5.87. The number of carbonyl (C=O) groups is 1. The predicted molar refractivity (Wildman–Crippen MR) is 139 cm³/mol. The number of carbonyl (C=O) groups excluding carboxylic acids is 1. The largest absolute Gasteiger partial charge is 0.347 e. The summed E-state index contributed by atoms with van der Waals surface area (Å²) >= 11 is 0. The lowest BCUT2D eigenvalue weighted by molar-refractivity contribution is -0.121. The number of piperazine rings is 1. The van der Waals surface area contributed by atoms with Crippen molar-refractivity contribution in [2.75, 3.05) is 31.1 Å². The van der Waals surface area contributed by atoms with E-state index in [4.69, 9.17) is 0 Å². The lowest BCUT2D eigenvalue weighted by Crippen LogP contribution is -2.50. The Bertz CT molecular complexity index is 1150. The van der Waals surface area contributed by atoms with E-state index in [1.165, 1.54) is 40.6 Å². The summed E-state index contributed by atoms with van der Waals surface area (Å²) in [5.41, 5.74) is 6.61. The fourth-order valence-electron chi connectivity index (χ4n) is 5.87. The number of aromatic nitrogens is 1. The maximum Gasteiger partial charge on any atom is 0.241 e. The molecular weight excluding hydrogens is 455 g/mol. The smallest absolute Gasteiger partial charge is 0.241 e. The number of hydrogen-bond acceptors (Lipinski definition) is 3. The highest BCUT2D eigenvalue weighted by Crippen LogP contribution is 2.42. The molecule has 1 N–H and O–H groups in total. The molecule has 176 valence electrons. The van der Waals surface area contributed by atoms with Gasteiger partial charge in [0.05, 0.1) is 12.1 Å². The molecule has 3 aliphatic heterocycles. The van der Waals surface area contributed by atoms with Gasteiger partial charge in [0.25, 0.3) is 0 Å². The van der Waals surface area contributed by atoms with Crippen molar-refractivity contribution < 1.29 is 4.79 Å². The Morgan fingerprint density at radius 1 is 1.03 bits per heavy atom. The van der Waals surface area contributed by atoms with Crippen LogP contribution in [0, 0.1) is 0 Å². The first-order chi connectivity index (χ1) is 15.2. The van der Waals surface area contributed by atoms with Crippen LogP contribution >= 0.6 is 24.8 Å². The molecule has 4 heterocycles. The van der Waals surface area contributed by atoms with Crippen molar-refractivity contribution in [3.63, 3.8) is 0 Å². The molecule has 5 nitrogen and oxygen atoms in total. The summed E-state index contributed by atoms with van der Waals surface area (Å²) in [4.78, 5) is 17.3. The molecule has 0 aliphatic carbocycles. The predicted octanol–water partition coefficient (Wildman–Crippen LogP) is 4.26. The second-order valence-corrected chi connectivity index (χ2v) is 9.38. The van der Waals surface area contributed by atoms with Crippen molar-refractivity contribution in [2.24, 2.45) is 7.05 Å². The van der Waals surface area contributed by atoms with Gasteiger partial charge in [0.2, 0.25) is 5.91 Å². The van der Waals surface area contributed by atoms with E-state index in [0.29, 0.717) is 18.6 Å².